The van der Waals surface area contributed by atoms with Gasteiger partial charge in [0, 0.05) is 17.4 Å². The van der Waals surface area contributed by atoms with Crippen LogP contribution in [0.3, 0.4) is 0 Å². The van der Waals surface area contributed by atoms with E-state index >= 15 is 0 Å². The largest absolute Gasteiger partial charge is 0.465 e. The summed E-state index contributed by atoms with van der Waals surface area (Å²) < 4.78 is 11.5. The summed E-state index contributed by atoms with van der Waals surface area (Å²) in [7, 11) is 2.58. The van der Waals surface area contributed by atoms with Crippen LogP contribution in [0.5, 0.6) is 0 Å². The Morgan fingerprint density at radius 2 is 1.46 bits per heavy atom. The minimum atomic E-state index is -0.604. The number of ether oxygens (including phenoxy) is 2. The number of carbonyl (C=O) groups excluding carboxylic acids is 2. The Morgan fingerprint density at radius 1 is 0.846 bits per heavy atom. The average Bonchev–Trinajstić information content (AvgIpc) is 3.08. The van der Waals surface area contributed by atoms with Gasteiger partial charge in [0.1, 0.15) is 11.3 Å². The molecule has 0 saturated carbocycles. The second kappa shape index (κ2) is 7.27. The normalized spacial score (nSPS) is 10.4. The average molecular weight is 349 g/mol. The van der Waals surface area contributed by atoms with Crippen molar-refractivity contribution in [1.82, 2.24) is 4.57 Å². The predicted molar refractivity (Wildman–Crippen MR) is 98.6 cm³/mol. The number of carbonyl (C=O) groups is 2. The molecule has 26 heavy (non-hydrogen) atoms. The lowest BCUT2D eigenvalue weighted by Crippen LogP contribution is -2.15. The van der Waals surface area contributed by atoms with Crippen LogP contribution in [0, 0.1) is 6.92 Å². The number of para-hydroxylation sites is 1. The molecule has 2 aromatic carbocycles. The SMILES string of the molecule is COC(=O)c1c(-c2ccc(C)cc2)cn(-c2ccccc2)c1C(=O)OC. The number of benzene rings is 2. The van der Waals surface area contributed by atoms with Crippen LogP contribution >= 0.6 is 0 Å². The van der Waals surface area contributed by atoms with Crippen LogP contribution in [0.2, 0.25) is 0 Å². The Morgan fingerprint density at radius 3 is 2.04 bits per heavy atom. The number of esters is 2. The highest BCUT2D eigenvalue weighted by Crippen LogP contribution is 2.32. The summed E-state index contributed by atoms with van der Waals surface area (Å²) in [6.07, 6.45) is 1.76. The standard InChI is InChI=1S/C21H19NO4/c1-14-9-11-15(12-10-14)17-13-22(16-7-5-4-6-8-16)19(21(24)26-3)18(17)20(23)25-2/h4-13H,1-3H3. The second-order valence-corrected chi connectivity index (χ2v) is 5.82. The van der Waals surface area contributed by atoms with Crippen molar-refractivity contribution < 1.29 is 19.1 Å². The molecule has 0 N–H and O–H groups in total. The molecule has 0 aliphatic rings. The molecular weight excluding hydrogens is 330 g/mol. The first-order valence-corrected chi connectivity index (χ1v) is 8.11. The highest BCUT2D eigenvalue weighted by atomic mass is 16.5. The van der Waals surface area contributed by atoms with Crippen LogP contribution in [0.15, 0.2) is 60.8 Å². The van der Waals surface area contributed by atoms with Crippen molar-refractivity contribution in [3.05, 3.63) is 77.6 Å². The summed E-state index contributed by atoms with van der Waals surface area (Å²) in [4.78, 5) is 25.0. The van der Waals surface area contributed by atoms with Crippen molar-refractivity contribution in [3.63, 3.8) is 0 Å². The molecule has 1 aromatic heterocycles. The Labute approximate surface area is 151 Å². The smallest absolute Gasteiger partial charge is 0.355 e. The summed E-state index contributed by atoms with van der Waals surface area (Å²) >= 11 is 0. The van der Waals surface area contributed by atoms with Gasteiger partial charge in [-0.05, 0) is 24.6 Å². The third-order valence-corrected chi connectivity index (χ3v) is 4.17. The molecule has 0 bridgehead atoms. The molecule has 0 fully saturated rings. The van der Waals surface area contributed by atoms with Crippen LogP contribution in [0.1, 0.15) is 26.4 Å². The third kappa shape index (κ3) is 3.11. The summed E-state index contributed by atoms with van der Waals surface area (Å²) in [5, 5.41) is 0. The lowest BCUT2D eigenvalue weighted by Gasteiger charge is -2.09. The maximum Gasteiger partial charge on any atom is 0.355 e. The van der Waals surface area contributed by atoms with Gasteiger partial charge in [-0.2, -0.15) is 0 Å². The van der Waals surface area contributed by atoms with Gasteiger partial charge in [0.05, 0.1) is 14.2 Å². The molecule has 0 atom stereocenters. The number of hydrogen-bond acceptors (Lipinski definition) is 4. The quantitative estimate of drug-likeness (QED) is 0.668. The topological polar surface area (TPSA) is 57.5 Å². The van der Waals surface area contributed by atoms with E-state index < -0.39 is 11.9 Å². The Bertz CT molecular complexity index is 940. The van der Waals surface area contributed by atoms with Crippen LogP contribution < -0.4 is 0 Å². The summed E-state index contributed by atoms with van der Waals surface area (Å²) in [5.41, 5.74) is 3.60. The van der Waals surface area contributed by atoms with Crippen molar-refractivity contribution in [3.8, 4) is 16.8 Å². The first kappa shape index (κ1) is 17.5. The van der Waals surface area contributed by atoms with Crippen LogP contribution in [-0.2, 0) is 9.47 Å². The number of hydrogen-bond donors (Lipinski definition) is 0. The Kier molecular flexibility index (Phi) is 4.89. The molecule has 3 rings (SSSR count). The van der Waals surface area contributed by atoms with Gasteiger partial charge < -0.3 is 14.0 Å². The Balaban J connectivity index is 2.33. The monoisotopic (exact) mass is 349 g/mol. The van der Waals surface area contributed by atoms with Gasteiger partial charge in [0.15, 0.2) is 0 Å². The summed E-state index contributed by atoms with van der Waals surface area (Å²) in [6, 6.07) is 17.0. The van der Waals surface area contributed by atoms with Gasteiger partial charge in [0.25, 0.3) is 0 Å². The molecule has 0 radical (unpaired) electrons. The van der Waals surface area contributed by atoms with E-state index in [2.05, 4.69) is 0 Å². The molecule has 1 heterocycles. The molecule has 0 aliphatic carbocycles. The molecule has 0 amide bonds. The summed E-state index contributed by atoms with van der Waals surface area (Å²) in [6.45, 7) is 1.99. The second-order valence-electron chi connectivity index (χ2n) is 5.82. The van der Waals surface area contributed by atoms with Crippen molar-refractivity contribution in [1.29, 1.82) is 0 Å². The lowest BCUT2D eigenvalue weighted by atomic mass is 10.0. The van der Waals surface area contributed by atoms with Gasteiger partial charge in [-0.3, -0.25) is 0 Å². The zero-order valence-electron chi connectivity index (χ0n) is 14.9. The van der Waals surface area contributed by atoms with Crippen molar-refractivity contribution in [2.45, 2.75) is 6.92 Å². The summed E-state index contributed by atoms with van der Waals surface area (Å²) in [5.74, 6) is -1.19. The van der Waals surface area contributed by atoms with E-state index in [4.69, 9.17) is 9.47 Å². The molecule has 0 saturated heterocycles. The molecule has 0 aliphatic heterocycles. The van der Waals surface area contributed by atoms with E-state index in [0.717, 1.165) is 16.8 Å². The number of aryl methyl sites for hydroxylation is 1. The van der Waals surface area contributed by atoms with Gasteiger partial charge in [-0.1, -0.05) is 48.0 Å². The van der Waals surface area contributed by atoms with E-state index in [9.17, 15) is 9.59 Å². The zero-order chi connectivity index (χ0) is 18.7. The van der Waals surface area contributed by atoms with Crippen LogP contribution in [0.25, 0.3) is 16.8 Å². The maximum atomic E-state index is 12.5. The molecule has 3 aromatic rings. The zero-order valence-corrected chi connectivity index (χ0v) is 14.9. The molecule has 5 nitrogen and oxygen atoms in total. The minimum Gasteiger partial charge on any atom is -0.465 e. The van der Waals surface area contributed by atoms with Gasteiger partial charge in [-0.15, -0.1) is 0 Å². The van der Waals surface area contributed by atoms with E-state index in [-0.39, 0.29) is 11.3 Å². The maximum absolute atomic E-state index is 12.5. The minimum absolute atomic E-state index is 0.140. The molecular formula is C21H19NO4. The van der Waals surface area contributed by atoms with E-state index in [0.29, 0.717) is 5.56 Å². The number of nitrogens with zero attached hydrogens (tertiary/aromatic N) is 1. The molecule has 0 spiro atoms. The Hall–Kier alpha value is -3.34. The highest BCUT2D eigenvalue weighted by Gasteiger charge is 2.29. The fourth-order valence-corrected chi connectivity index (χ4v) is 2.86. The van der Waals surface area contributed by atoms with Crippen LogP contribution in [-0.4, -0.2) is 30.7 Å². The van der Waals surface area contributed by atoms with E-state index in [1.165, 1.54) is 14.2 Å². The fourth-order valence-electron chi connectivity index (χ4n) is 2.86. The van der Waals surface area contributed by atoms with Crippen molar-refractivity contribution in [2.24, 2.45) is 0 Å². The van der Waals surface area contributed by atoms with E-state index in [1.807, 2.05) is 61.5 Å². The van der Waals surface area contributed by atoms with Crippen LogP contribution in [0.4, 0.5) is 0 Å². The van der Waals surface area contributed by atoms with Gasteiger partial charge in [-0.25, -0.2) is 9.59 Å². The first-order valence-electron chi connectivity index (χ1n) is 8.11. The molecule has 5 heteroatoms. The molecule has 132 valence electrons. The third-order valence-electron chi connectivity index (χ3n) is 4.17. The van der Waals surface area contributed by atoms with Crippen molar-refractivity contribution in [2.75, 3.05) is 14.2 Å². The fraction of sp³-hybridized carbons (Fsp3) is 0.143. The molecule has 0 unspecified atom stereocenters. The highest BCUT2D eigenvalue weighted by molar-refractivity contribution is 6.08. The number of methoxy groups -OCH3 is 2. The van der Waals surface area contributed by atoms with Gasteiger partial charge in [0.2, 0.25) is 0 Å². The van der Waals surface area contributed by atoms with E-state index in [1.54, 1.807) is 10.8 Å². The lowest BCUT2D eigenvalue weighted by molar-refractivity contribution is 0.0550. The number of aromatic nitrogens is 1. The van der Waals surface area contributed by atoms with Crippen molar-refractivity contribution >= 4 is 11.9 Å². The predicted octanol–water partition coefficient (Wildman–Crippen LogP) is 4.03. The van der Waals surface area contributed by atoms with Gasteiger partial charge >= 0.3 is 11.9 Å². The first-order chi connectivity index (χ1) is 12.6. The number of rotatable bonds is 4.